The fraction of sp³-hybridized carbons (Fsp3) is 0.440. The van der Waals surface area contributed by atoms with Crippen LogP contribution >= 0.6 is 0 Å². The Hall–Kier alpha value is -2.82. The van der Waals surface area contributed by atoms with E-state index in [4.69, 9.17) is 4.74 Å². The van der Waals surface area contributed by atoms with E-state index in [9.17, 15) is 9.59 Å². The Bertz CT molecular complexity index is 833. The van der Waals surface area contributed by atoms with Crippen molar-refractivity contribution >= 4 is 11.8 Å². The fourth-order valence-electron chi connectivity index (χ4n) is 3.10. The van der Waals surface area contributed by atoms with Crippen LogP contribution in [0.2, 0.25) is 0 Å². The summed E-state index contributed by atoms with van der Waals surface area (Å²) in [5.74, 6) is 0.272. The summed E-state index contributed by atoms with van der Waals surface area (Å²) < 4.78 is 5.72. The SMILES string of the molecule is CCc1ccc(OCC(=O)N(Cc2cccc(C)c2)C(C)C(=O)NC(C)CC)cc1. The highest BCUT2D eigenvalue weighted by molar-refractivity contribution is 5.88. The van der Waals surface area contributed by atoms with E-state index in [1.807, 2.05) is 69.3 Å². The molecular weight excluding hydrogens is 376 g/mol. The zero-order valence-electron chi connectivity index (χ0n) is 18.8. The van der Waals surface area contributed by atoms with Crippen LogP contribution in [0.25, 0.3) is 0 Å². The lowest BCUT2D eigenvalue weighted by Crippen LogP contribution is -2.50. The molecule has 2 amide bonds. The van der Waals surface area contributed by atoms with E-state index in [0.29, 0.717) is 12.3 Å². The third-order valence-corrected chi connectivity index (χ3v) is 5.30. The van der Waals surface area contributed by atoms with E-state index in [0.717, 1.165) is 24.0 Å². The van der Waals surface area contributed by atoms with E-state index in [-0.39, 0.29) is 24.5 Å². The summed E-state index contributed by atoms with van der Waals surface area (Å²) in [6.07, 6.45) is 1.79. The molecule has 5 heteroatoms. The molecule has 2 aromatic rings. The van der Waals surface area contributed by atoms with Gasteiger partial charge in [0.25, 0.3) is 5.91 Å². The number of hydrogen-bond acceptors (Lipinski definition) is 3. The van der Waals surface area contributed by atoms with Gasteiger partial charge in [0.2, 0.25) is 5.91 Å². The lowest BCUT2D eigenvalue weighted by atomic mass is 10.1. The molecule has 162 valence electrons. The Morgan fingerprint density at radius 1 is 1.03 bits per heavy atom. The minimum Gasteiger partial charge on any atom is -0.484 e. The summed E-state index contributed by atoms with van der Waals surface area (Å²) in [6, 6.07) is 15.2. The van der Waals surface area contributed by atoms with Crippen LogP contribution in [0, 0.1) is 6.92 Å². The van der Waals surface area contributed by atoms with Gasteiger partial charge in [0.05, 0.1) is 0 Å². The number of nitrogens with one attached hydrogen (secondary N) is 1. The Morgan fingerprint density at radius 3 is 2.33 bits per heavy atom. The highest BCUT2D eigenvalue weighted by Gasteiger charge is 2.27. The minimum absolute atomic E-state index is 0.0594. The largest absolute Gasteiger partial charge is 0.484 e. The van der Waals surface area contributed by atoms with Crippen molar-refractivity contribution in [2.24, 2.45) is 0 Å². The number of nitrogens with zero attached hydrogens (tertiary/aromatic N) is 1. The number of carbonyl (C=O) groups is 2. The second-order valence-corrected chi connectivity index (χ2v) is 7.79. The fourth-order valence-corrected chi connectivity index (χ4v) is 3.10. The molecule has 2 unspecified atom stereocenters. The molecule has 1 N–H and O–H groups in total. The molecule has 2 aromatic carbocycles. The molecule has 0 bridgehead atoms. The number of carbonyl (C=O) groups excluding carboxylic acids is 2. The summed E-state index contributed by atoms with van der Waals surface area (Å²) in [4.78, 5) is 27.4. The molecular formula is C25H34N2O3. The number of rotatable bonds is 10. The van der Waals surface area contributed by atoms with Gasteiger partial charge in [-0.05, 0) is 56.9 Å². The summed E-state index contributed by atoms with van der Waals surface area (Å²) in [7, 11) is 0. The first-order valence-corrected chi connectivity index (χ1v) is 10.7. The van der Waals surface area contributed by atoms with Gasteiger partial charge in [-0.15, -0.1) is 0 Å². The third kappa shape index (κ3) is 6.90. The van der Waals surface area contributed by atoms with Crippen LogP contribution in [0.3, 0.4) is 0 Å². The summed E-state index contributed by atoms with van der Waals surface area (Å²) in [5.41, 5.74) is 3.31. The van der Waals surface area contributed by atoms with E-state index < -0.39 is 6.04 Å². The molecule has 0 heterocycles. The maximum Gasteiger partial charge on any atom is 0.261 e. The minimum atomic E-state index is -0.599. The number of hydrogen-bond donors (Lipinski definition) is 1. The molecule has 0 aliphatic rings. The average Bonchev–Trinajstić information content (AvgIpc) is 2.75. The molecule has 0 aliphatic carbocycles. The summed E-state index contributed by atoms with van der Waals surface area (Å²) >= 11 is 0. The zero-order valence-corrected chi connectivity index (χ0v) is 18.8. The van der Waals surface area contributed by atoms with E-state index in [2.05, 4.69) is 12.2 Å². The second kappa shape index (κ2) is 11.4. The molecule has 2 rings (SSSR count). The van der Waals surface area contributed by atoms with Crippen molar-refractivity contribution in [3.63, 3.8) is 0 Å². The first-order valence-electron chi connectivity index (χ1n) is 10.7. The molecule has 0 radical (unpaired) electrons. The maximum absolute atomic E-state index is 13.1. The highest BCUT2D eigenvalue weighted by Crippen LogP contribution is 2.15. The Balaban J connectivity index is 2.13. The quantitative estimate of drug-likeness (QED) is 0.636. The Labute approximate surface area is 180 Å². The van der Waals surface area contributed by atoms with E-state index >= 15 is 0 Å². The van der Waals surface area contributed by atoms with Gasteiger partial charge in [-0.3, -0.25) is 9.59 Å². The number of benzene rings is 2. The number of ether oxygens (including phenoxy) is 1. The van der Waals surface area contributed by atoms with Gasteiger partial charge in [0.15, 0.2) is 6.61 Å². The summed E-state index contributed by atoms with van der Waals surface area (Å²) in [5, 5.41) is 2.97. The topological polar surface area (TPSA) is 58.6 Å². The molecule has 0 saturated heterocycles. The number of amides is 2. The van der Waals surface area contributed by atoms with Gasteiger partial charge in [0, 0.05) is 12.6 Å². The van der Waals surface area contributed by atoms with Crippen LogP contribution in [-0.2, 0) is 22.6 Å². The van der Waals surface area contributed by atoms with Crippen LogP contribution < -0.4 is 10.1 Å². The lowest BCUT2D eigenvalue weighted by Gasteiger charge is -2.29. The van der Waals surface area contributed by atoms with Crippen LogP contribution in [0.15, 0.2) is 48.5 Å². The Morgan fingerprint density at radius 2 is 1.73 bits per heavy atom. The molecule has 0 fully saturated rings. The van der Waals surface area contributed by atoms with Crippen molar-refractivity contribution in [3.8, 4) is 5.75 Å². The molecule has 30 heavy (non-hydrogen) atoms. The molecule has 0 spiro atoms. The second-order valence-electron chi connectivity index (χ2n) is 7.79. The molecule has 0 aliphatic heterocycles. The zero-order chi connectivity index (χ0) is 22.1. The lowest BCUT2D eigenvalue weighted by molar-refractivity contribution is -0.142. The monoisotopic (exact) mass is 410 g/mol. The van der Waals surface area contributed by atoms with Gasteiger partial charge in [-0.25, -0.2) is 0 Å². The van der Waals surface area contributed by atoms with Crippen molar-refractivity contribution < 1.29 is 14.3 Å². The Kier molecular flexibility index (Phi) is 8.90. The van der Waals surface area contributed by atoms with Gasteiger partial charge in [-0.1, -0.05) is 55.8 Å². The van der Waals surface area contributed by atoms with Gasteiger partial charge < -0.3 is 15.0 Å². The van der Waals surface area contributed by atoms with Crippen LogP contribution in [0.5, 0.6) is 5.75 Å². The van der Waals surface area contributed by atoms with Crippen molar-refractivity contribution in [1.82, 2.24) is 10.2 Å². The molecule has 5 nitrogen and oxygen atoms in total. The first kappa shape index (κ1) is 23.5. The predicted octanol–water partition coefficient (Wildman–Crippen LogP) is 4.27. The van der Waals surface area contributed by atoms with Crippen molar-refractivity contribution in [2.75, 3.05) is 6.61 Å². The van der Waals surface area contributed by atoms with E-state index in [1.54, 1.807) is 11.8 Å². The predicted molar refractivity (Wildman–Crippen MR) is 120 cm³/mol. The molecule has 0 aromatic heterocycles. The van der Waals surface area contributed by atoms with Gasteiger partial charge in [-0.2, -0.15) is 0 Å². The molecule has 2 atom stereocenters. The van der Waals surface area contributed by atoms with Crippen LogP contribution in [0.1, 0.15) is 50.8 Å². The maximum atomic E-state index is 13.1. The third-order valence-electron chi connectivity index (χ3n) is 5.30. The van der Waals surface area contributed by atoms with Crippen LogP contribution in [-0.4, -0.2) is 35.4 Å². The van der Waals surface area contributed by atoms with Crippen molar-refractivity contribution in [2.45, 2.75) is 66.1 Å². The standard InChI is InChI=1S/C25H34N2O3/c1-6-19(4)26-25(29)20(5)27(16-22-10-8-9-18(3)15-22)24(28)17-30-23-13-11-21(7-2)12-14-23/h8-15,19-20H,6-7,16-17H2,1-5H3,(H,26,29). The summed E-state index contributed by atoms with van der Waals surface area (Å²) in [6.45, 7) is 10.1. The number of aryl methyl sites for hydroxylation is 2. The van der Waals surface area contributed by atoms with E-state index in [1.165, 1.54) is 5.56 Å². The molecule has 0 saturated carbocycles. The van der Waals surface area contributed by atoms with Crippen LogP contribution in [0.4, 0.5) is 0 Å². The smallest absolute Gasteiger partial charge is 0.261 e. The van der Waals surface area contributed by atoms with Gasteiger partial charge in [0.1, 0.15) is 11.8 Å². The van der Waals surface area contributed by atoms with Gasteiger partial charge >= 0.3 is 0 Å². The normalized spacial score (nSPS) is 12.7. The average molecular weight is 411 g/mol. The van der Waals surface area contributed by atoms with Crippen molar-refractivity contribution in [1.29, 1.82) is 0 Å². The highest BCUT2D eigenvalue weighted by atomic mass is 16.5. The first-order chi connectivity index (χ1) is 14.3. The van der Waals surface area contributed by atoms with Crippen molar-refractivity contribution in [3.05, 3.63) is 65.2 Å².